The number of carbonyl (C=O) groups is 1. The summed E-state index contributed by atoms with van der Waals surface area (Å²) in [5, 5.41) is 9.98. The smallest absolute Gasteiger partial charge is 0.257 e. The van der Waals surface area contributed by atoms with Crippen molar-refractivity contribution in [3.63, 3.8) is 0 Å². The number of phenolic OH excluding ortho intramolecular Hbond substituents is 1. The van der Waals surface area contributed by atoms with Gasteiger partial charge in [-0.05, 0) is 49.1 Å². The van der Waals surface area contributed by atoms with Crippen molar-refractivity contribution in [2.75, 3.05) is 20.7 Å². The summed E-state index contributed by atoms with van der Waals surface area (Å²) in [5.41, 5.74) is 0.349. The van der Waals surface area contributed by atoms with Crippen molar-refractivity contribution in [1.29, 1.82) is 0 Å². The van der Waals surface area contributed by atoms with Crippen LogP contribution >= 0.6 is 0 Å². The third-order valence-corrected chi connectivity index (χ3v) is 5.17. The molecule has 4 heteroatoms. The van der Waals surface area contributed by atoms with E-state index in [9.17, 15) is 9.90 Å². The van der Waals surface area contributed by atoms with Gasteiger partial charge in [-0.3, -0.25) is 4.79 Å². The monoisotopic (exact) mass is 289 g/mol. The number of aromatic hydroxyl groups is 1. The maximum atomic E-state index is 12.5. The normalized spacial score (nSPS) is 26.9. The van der Waals surface area contributed by atoms with Crippen molar-refractivity contribution in [2.45, 2.75) is 25.7 Å². The van der Waals surface area contributed by atoms with Crippen molar-refractivity contribution in [1.82, 2.24) is 4.90 Å². The predicted octanol–water partition coefficient (Wildman–Crippen LogP) is 2.91. The van der Waals surface area contributed by atoms with E-state index in [-0.39, 0.29) is 11.7 Å². The average molecular weight is 289 g/mol. The van der Waals surface area contributed by atoms with Crippen molar-refractivity contribution < 1.29 is 14.6 Å². The van der Waals surface area contributed by atoms with Crippen LogP contribution in [0.2, 0.25) is 0 Å². The standard InChI is InChI=1S/C17H23NO3/c1-18(10-13-8-11-3-4-12(13)7-11)17(20)15-6-5-14(21-2)9-16(15)19/h5-6,9,11-13,19H,3-4,7-8,10H2,1-2H3. The molecule has 2 saturated carbocycles. The van der Waals surface area contributed by atoms with E-state index in [2.05, 4.69) is 0 Å². The number of hydrogen-bond donors (Lipinski definition) is 1. The Morgan fingerprint density at radius 1 is 1.38 bits per heavy atom. The fourth-order valence-electron chi connectivity index (χ4n) is 4.06. The largest absolute Gasteiger partial charge is 0.507 e. The molecule has 0 spiro atoms. The molecule has 3 atom stereocenters. The summed E-state index contributed by atoms with van der Waals surface area (Å²) in [6, 6.07) is 4.82. The SMILES string of the molecule is COc1ccc(C(=O)N(C)CC2CC3CCC2C3)c(O)c1. The van der Waals surface area contributed by atoms with Gasteiger partial charge in [-0.1, -0.05) is 6.42 Å². The lowest BCUT2D eigenvalue weighted by Gasteiger charge is -2.27. The van der Waals surface area contributed by atoms with E-state index < -0.39 is 0 Å². The molecule has 4 nitrogen and oxygen atoms in total. The Morgan fingerprint density at radius 3 is 2.76 bits per heavy atom. The minimum Gasteiger partial charge on any atom is -0.507 e. The maximum absolute atomic E-state index is 12.5. The zero-order valence-electron chi connectivity index (χ0n) is 12.7. The Balaban J connectivity index is 1.67. The third-order valence-electron chi connectivity index (χ3n) is 5.17. The van der Waals surface area contributed by atoms with Gasteiger partial charge in [-0.25, -0.2) is 0 Å². The number of nitrogens with zero attached hydrogens (tertiary/aromatic N) is 1. The molecule has 0 radical (unpaired) electrons. The number of benzene rings is 1. The Kier molecular flexibility index (Phi) is 3.79. The van der Waals surface area contributed by atoms with Crippen LogP contribution in [0.25, 0.3) is 0 Å². The third kappa shape index (κ3) is 2.71. The zero-order valence-corrected chi connectivity index (χ0v) is 12.7. The lowest BCUT2D eigenvalue weighted by Crippen LogP contribution is -2.33. The molecular weight excluding hydrogens is 266 g/mol. The van der Waals surface area contributed by atoms with E-state index in [4.69, 9.17) is 4.74 Å². The van der Waals surface area contributed by atoms with Gasteiger partial charge in [0.25, 0.3) is 5.91 Å². The Hall–Kier alpha value is -1.71. The van der Waals surface area contributed by atoms with Crippen LogP contribution in [0.1, 0.15) is 36.0 Å². The lowest BCUT2D eigenvalue weighted by molar-refractivity contribution is 0.0751. The maximum Gasteiger partial charge on any atom is 0.257 e. The first-order valence-corrected chi connectivity index (χ1v) is 7.71. The average Bonchev–Trinajstić information content (AvgIpc) is 3.08. The number of fused-ring (bicyclic) bond motifs is 2. The molecule has 1 aromatic rings. The van der Waals surface area contributed by atoms with Crippen LogP contribution in [0.3, 0.4) is 0 Å². The van der Waals surface area contributed by atoms with Gasteiger partial charge >= 0.3 is 0 Å². The molecule has 0 aliphatic heterocycles. The molecule has 3 rings (SSSR count). The van der Waals surface area contributed by atoms with Gasteiger partial charge in [0.15, 0.2) is 0 Å². The lowest BCUT2D eigenvalue weighted by atomic mass is 9.88. The second kappa shape index (κ2) is 5.58. The van der Waals surface area contributed by atoms with Gasteiger partial charge in [0.05, 0.1) is 12.7 Å². The van der Waals surface area contributed by atoms with Crippen molar-refractivity contribution in [3.8, 4) is 11.5 Å². The molecule has 3 unspecified atom stereocenters. The number of methoxy groups -OCH3 is 1. The van der Waals surface area contributed by atoms with Crippen LogP contribution in [0.5, 0.6) is 11.5 Å². The van der Waals surface area contributed by atoms with Crippen LogP contribution in [0.15, 0.2) is 18.2 Å². The van der Waals surface area contributed by atoms with Gasteiger partial charge in [-0.15, -0.1) is 0 Å². The highest BCUT2D eigenvalue weighted by atomic mass is 16.5. The molecule has 21 heavy (non-hydrogen) atoms. The highest BCUT2D eigenvalue weighted by Gasteiger charge is 2.40. The summed E-state index contributed by atoms with van der Waals surface area (Å²) in [4.78, 5) is 14.2. The first-order chi connectivity index (χ1) is 10.1. The molecule has 0 heterocycles. The van der Waals surface area contributed by atoms with Gasteiger partial charge in [-0.2, -0.15) is 0 Å². The second-order valence-electron chi connectivity index (χ2n) is 6.50. The first kappa shape index (κ1) is 14.2. The van der Waals surface area contributed by atoms with Crippen molar-refractivity contribution >= 4 is 5.91 Å². The van der Waals surface area contributed by atoms with E-state index in [0.29, 0.717) is 17.2 Å². The molecule has 2 aliphatic carbocycles. The summed E-state index contributed by atoms with van der Waals surface area (Å²) in [6.45, 7) is 0.797. The predicted molar refractivity (Wildman–Crippen MR) is 80.6 cm³/mol. The van der Waals surface area contributed by atoms with Gasteiger partial charge < -0.3 is 14.7 Å². The topological polar surface area (TPSA) is 49.8 Å². The van der Waals surface area contributed by atoms with Crippen LogP contribution in [0.4, 0.5) is 0 Å². The van der Waals surface area contributed by atoms with Gasteiger partial charge in [0, 0.05) is 19.7 Å². The number of carbonyl (C=O) groups excluding carboxylic acids is 1. The Morgan fingerprint density at radius 2 is 2.19 bits per heavy atom. The van der Waals surface area contributed by atoms with Gasteiger partial charge in [0.1, 0.15) is 11.5 Å². The van der Waals surface area contributed by atoms with Gasteiger partial charge in [0.2, 0.25) is 0 Å². The quantitative estimate of drug-likeness (QED) is 0.927. The summed E-state index contributed by atoms with van der Waals surface area (Å²) >= 11 is 0. The number of amides is 1. The van der Waals surface area contributed by atoms with E-state index in [0.717, 1.165) is 18.4 Å². The highest BCUT2D eigenvalue weighted by molar-refractivity contribution is 5.96. The molecule has 2 aliphatic rings. The fraction of sp³-hybridized carbons (Fsp3) is 0.588. The molecule has 1 amide bonds. The summed E-state index contributed by atoms with van der Waals surface area (Å²) < 4.78 is 5.05. The fourth-order valence-corrected chi connectivity index (χ4v) is 4.06. The Labute approximate surface area is 125 Å². The molecule has 114 valence electrons. The number of hydrogen-bond acceptors (Lipinski definition) is 3. The Bertz CT molecular complexity index is 543. The van der Waals surface area contributed by atoms with Crippen molar-refractivity contribution in [2.24, 2.45) is 17.8 Å². The summed E-state index contributed by atoms with van der Waals surface area (Å²) in [7, 11) is 3.37. The van der Waals surface area contributed by atoms with Crippen LogP contribution in [-0.4, -0.2) is 36.6 Å². The number of phenols is 1. The zero-order chi connectivity index (χ0) is 15.0. The first-order valence-electron chi connectivity index (χ1n) is 7.71. The molecule has 0 aromatic heterocycles. The highest BCUT2D eigenvalue weighted by Crippen LogP contribution is 2.48. The summed E-state index contributed by atoms with van der Waals surface area (Å²) in [5.74, 6) is 2.75. The van der Waals surface area contributed by atoms with E-state index in [1.807, 2.05) is 7.05 Å². The molecule has 1 aromatic carbocycles. The summed E-state index contributed by atoms with van der Waals surface area (Å²) in [6.07, 6.45) is 5.31. The molecule has 2 bridgehead atoms. The number of rotatable bonds is 4. The molecule has 2 fully saturated rings. The van der Waals surface area contributed by atoms with E-state index >= 15 is 0 Å². The minimum atomic E-state index is -0.113. The number of ether oxygens (including phenoxy) is 1. The van der Waals surface area contributed by atoms with E-state index in [1.165, 1.54) is 38.9 Å². The van der Waals surface area contributed by atoms with Crippen LogP contribution < -0.4 is 4.74 Å². The second-order valence-corrected chi connectivity index (χ2v) is 6.50. The molecule has 0 saturated heterocycles. The van der Waals surface area contributed by atoms with Crippen molar-refractivity contribution in [3.05, 3.63) is 23.8 Å². The van der Waals surface area contributed by atoms with Crippen LogP contribution in [0, 0.1) is 17.8 Å². The minimum absolute atomic E-state index is 0.0147. The van der Waals surface area contributed by atoms with E-state index in [1.54, 1.807) is 17.0 Å². The molecule has 1 N–H and O–H groups in total. The molecular formula is C17H23NO3. The van der Waals surface area contributed by atoms with Crippen LogP contribution in [-0.2, 0) is 0 Å².